The minimum absolute atomic E-state index is 0.0282. The quantitative estimate of drug-likeness (QED) is 0.484. The van der Waals surface area contributed by atoms with E-state index in [0.29, 0.717) is 22.9 Å². The molecule has 0 atom stereocenters. The van der Waals surface area contributed by atoms with Crippen LogP contribution in [0.5, 0.6) is 0 Å². The molecule has 0 saturated heterocycles. The SMILES string of the molecule is Cc1cccc(-c2nnc(-c3ccc(C(=O)Nc4cc(C(N)=O)cc(F)c4C)cc3)o2)c1. The third-order valence-corrected chi connectivity index (χ3v) is 4.96. The number of benzene rings is 3. The van der Waals surface area contributed by atoms with Crippen molar-refractivity contribution in [3.63, 3.8) is 0 Å². The summed E-state index contributed by atoms with van der Waals surface area (Å²) in [5, 5.41) is 10.8. The van der Waals surface area contributed by atoms with Crippen LogP contribution in [0.25, 0.3) is 22.9 Å². The van der Waals surface area contributed by atoms with Crippen LogP contribution in [-0.4, -0.2) is 22.0 Å². The molecule has 0 saturated carbocycles. The standard InChI is InChI=1S/C24H19FN4O3/c1-13-4-3-5-17(10-13)24-29-28-23(32-24)16-8-6-15(7-9-16)22(31)27-20-12-18(21(26)30)11-19(25)14(20)2/h3-12H,1-2H3,(H2,26,30)(H,27,31). The molecule has 1 heterocycles. The summed E-state index contributed by atoms with van der Waals surface area (Å²) >= 11 is 0. The molecular weight excluding hydrogens is 411 g/mol. The Morgan fingerprint density at radius 1 is 0.906 bits per heavy atom. The number of carbonyl (C=O) groups excluding carboxylic acids is 2. The van der Waals surface area contributed by atoms with E-state index in [1.165, 1.54) is 13.0 Å². The first kappa shape index (κ1) is 20.9. The van der Waals surface area contributed by atoms with Crippen LogP contribution in [-0.2, 0) is 0 Å². The van der Waals surface area contributed by atoms with Gasteiger partial charge in [-0.1, -0.05) is 17.7 Å². The molecule has 0 fully saturated rings. The van der Waals surface area contributed by atoms with Crippen LogP contribution in [0, 0.1) is 19.7 Å². The van der Waals surface area contributed by atoms with Crippen LogP contribution in [0.1, 0.15) is 31.8 Å². The zero-order valence-corrected chi connectivity index (χ0v) is 17.3. The smallest absolute Gasteiger partial charge is 0.255 e. The van der Waals surface area contributed by atoms with Gasteiger partial charge in [0, 0.05) is 33.5 Å². The van der Waals surface area contributed by atoms with Gasteiger partial charge in [-0.3, -0.25) is 9.59 Å². The first-order chi connectivity index (χ1) is 15.3. The zero-order valence-electron chi connectivity index (χ0n) is 17.3. The number of amides is 2. The summed E-state index contributed by atoms with van der Waals surface area (Å²) in [4.78, 5) is 24.0. The van der Waals surface area contributed by atoms with E-state index in [0.717, 1.165) is 17.2 Å². The number of nitrogens with one attached hydrogen (secondary N) is 1. The lowest BCUT2D eigenvalue weighted by atomic mass is 10.1. The Bertz CT molecular complexity index is 1330. The topological polar surface area (TPSA) is 111 Å². The maximum atomic E-state index is 14.1. The molecular formula is C24H19FN4O3. The van der Waals surface area contributed by atoms with E-state index in [-0.39, 0.29) is 16.8 Å². The molecule has 8 heteroatoms. The summed E-state index contributed by atoms with van der Waals surface area (Å²) in [7, 11) is 0. The lowest BCUT2D eigenvalue weighted by Crippen LogP contribution is -2.16. The fraction of sp³-hybridized carbons (Fsp3) is 0.0833. The molecule has 0 radical (unpaired) electrons. The Morgan fingerprint density at radius 2 is 1.59 bits per heavy atom. The summed E-state index contributed by atoms with van der Waals surface area (Å²) in [6.07, 6.45) is 0. The molecule has 4 rings (SSSR count). The first-order valence-electron chi connectivity index (χ1n) is 9.74. The number of hydrogen-bond donors (Lipinski definition) is 2. The van der Waals surface area contributed by atoms with E-state index in [1.54, 1.807) is 24.3 Å². The Morgan fingerprint density at radius 3 is 2.25 bits per heavy atom. The molecule has 3 aromatic carbocycles. The molecule has 32 heavy (non-hydrogen) atoms. The number of nitrogens with two attached hydrogens (primary N) is 1. The highest BCUT2D eigenvalue weighted by Gasteiger charge is 2.15. The molecule has 0 aliphatic rings. The second kappa shape index (κ2) is 8.43. The monoisotopic (exact) mass is 430 g/mol. The maximum absolute atomic E-state index is 14.1. The highest BCUT2D eigenvalue weighted by atomic mass is 19.1. The predicted octanol–water partition coefficient (Wildman–Crippen LogP) is 4.51. The van der Waals surface area contributed by atoms with Gasteiger partial charge in [-0.15, -0.1) is 10.2 Å². The van der Waals surface area contributed by atoms with Crippen molar-refractivity contribution in [2.45, 2.75) is 13.8 Å². The van der Waals surface area contributed by atoms with Crippen molar-refractivity contribution >= 4 is 17.5 Å². The van der Waals surface area contributed by atoms with E-state index in [4.69, 9.17) is 10.2 Å². The molecule has 0 aliphatic carbocycles. The minimum Gasteiger partial charge on any atom is -0.416 e. The highest BCUT2D eigenvalue weighted by Crippen LogP contribution is 2.25. The van der Waals surface area contributed by atoms with Gasteiger partial charge in [0.15, 0.2) is 0 Å². The van der Waals surface area contributed by atoms with E-state index >= 15 is 0 Å². The summed E-state index contributed by atoms with van der Waals surface area (Å²) in [5.74, 6) is -1.16. The summed E-state index contributed by atoms with van der Waals surface area (Å²) in [5.41, 5.74) is 8.44. The van der Waals surface area contributed by atoms with E-state index in [2.05, 4.69) is 15.5 Å². The molecule has 7 nitrogen and oxygen atoms in total. The Balaban J connectivity index is 1.53. The number of nitrogens with zero attached hydrogens (tertiary/aromatic N) is 2. The van der Waals surface area contributed by atoms with Gasteiger partial charge in [-0.2, -0.15) is 0 Å². The minimum atomic E-state index is -0.784. The van der Waals surface area contributed by atoms with Crippen LogP contribution in [0.4, 0.5) is 10.1 Å². The number of rotatable bonds is 5. The molecule has 2 amide bonds. The average molecular weight is 430 g/mol. The van der Waals surface area contributed by atoms with Crippen LogP contribution in [0.3, 0.4) is 0 Å². The third kappa shape index (κ3) is 4.24. The second-order valence-corrected chi connectivity index (χ2v) is 7.31. The molecule has 0 aliphatic heterocycles. The van der Waals surface area contributed by atoms with Gasteiger partial charge in [0.05, 0.1) is 0 Å². The van der Waals surface area contributed by atoms with E-state index in [9.17, 15) is 14.0 Å². The van der Waals surface area contributed by atoms with Gasteiger partial charge < -0.3 is 15.5 Å². The van der Waals surface area contributed by atoms with Crippen molar-refractivity contribution < 1.29 is 18.4 Å². The fourth-order valence-corrected chi connectivity index (χ4v) is 3.14. The van der Waals surface area contributed by atoms with Gasteiger partial charge in [-0.25, -0.2) is 4.39 Å². The zero-order chi connectivity index (χ0) is 22.8. The van der Waals surface area contributed by atoms with Crippen LogP contribution < -0.4 is 11.1 Å². The van der Waals surface area contributed by atoms with Gasteiger partial charge >= 0.3 is 0 Å². The Hall–Kier alpha value is -4.33. The van der Waals surface area contributed by atoms with Gasteiger partial charge in [0.2, 0.25) is 17.7 Å². The van der Waals surface area contributed by atoms with Crippen molar-refractivity contribution in [2.24, 2.45) is 5.73 Å². The number of anilines is 1. The average Bonchev–Trinajstić information content (AvgIpc) is 3.27. The Labute approximate surface area is 183 Å². The lowest BCUT2D eigenvalue weighted by molar-refractivity contribution is 0.0995. The number of primary amides is 1. The predicted molar refractivity (Wildman–Crippen MR) is 118 cm³/mol. The summed E-state index contributed by atoms with van der Waals surface area (Å²) in [6, 6.07) is 16.6. The van der Waals surface area contributed by atoms with Crippen molar-refractivity contribution in [1.29, 1.82) is 0 Å². The van der Waals surface area contributed by atoms with E-state index in [1.807, 2.05) is 31.2 Å². The Kier molecular flexibility index (Phi) is 5.51. The van der Waals surface area contributed by atoms with Crippen LogP contribution in [0.2, 0.25) is 0 Å². The largest absolute Gasteiger partial charge is 0.416 e. The van der Waals surface area contributed by atoms with Crippen LogP contribution in [0.15, 0.2) is 65.1 Å². The van der Waals surface area contributed by atoms with Crippen LogP contribution >= 0.6 is 0 Å². The first-order valence-corrected chi connectivity index (χ1v) is 9.74. The molecule has 0 spiro atoms. The third-order valence-electron chi connectivity index (χ3n) is 4.96. The lowest BCUT2D eigenvalue weighted by Gasteiger charge is -2.11. The van der Waals surface area contributed by atoms with Crippen molar-refractivity contribution in [1.82, 2.24) is 10.2 Å². The summed E-state index contributed by atoms with van der Waals surface area (Å²) in [6.45, 7) is 3.48. The van der Waals surface area contributed by atoms with E-state index < -0.39 is 17.6 Å². The van der Waals surface area contributed by atoms with Gasteiger partial charge in [0.1, 0.15) is 5.82 Å². The molecule has 0 bridgehead atoms. The molecule has 0 unspecified atom stereocenters. The number of hydrogen-bond acceptors (Lipinski definition) is 5. The normalized spacial score (nSPS) is 10.7. The molecule has 1 aromatic heterocycles. The van der Waals surface area contributed by atoms with Crippen molar-refractivity contribution in [2.75, 3.05) is 5.32 Å². The van der Waals surface area contributed by atoms with Crippen molar-refractivity contribution in [3.8, 4) is 22.9 Å². The summed E-state index contributed by atoms with van der Waals surface area (Å²) < 4.78 is 19.8. The number of aromatic nitrogens is 2. The highest BCUT2D eigenvalue weighted by molar-refractivity contribution is 6.05. The van der Waals surface area contributed by atoms with Gasteiger partial charge in [-0.05, 0) is 62.4 Å². The van der Waals surface area contributed by atoms with Gasteiger partial charge in [0.25, 0.3) is 5.91 Å². The number of aryl methyl sites for hydroxylation is 1. The number of carbonyl (C=O) groups is 2. The fourth-order valence-electron chi connectivity index (χ4n) is 3.14. The second-order valence-electron chi connectivity index (χ2n) is 7.31. The molecule has 160 valence electrons. The molecule has 3 N–H and O–H groups in total. The number of halogens is 1. The molecule has 4 aromatic rings. The van der Waals surface area contributed by atoms with Crippen molar-refractivity contribution in [3.05, 3.63) is 88.7 Å². The maximum Gasteiger partial charge on any atom is 0.255 e.